The lowest BCUT2D eigenvalue weighted by Gasteiger charge is -2.26. The Balaban J connectivity index is 1.38. The number of aromatic nitrogens is 5. The molecule has 1 fully saturated rings. The summed E-state index contributed by atoms with van der Waals surface area (Å²) in [5.74, 6) is 1.62. The molecule has 0 atom stereocenters. The van der Waals surface area contributed by atoms with E-state index in [2.05, 4.69) is 42.1 Å². The average Bonchev–Trinajstić information content (AvgIpc) is 3.52. The van der Waals surface area contributed by atoms with Crippen molar-refractivity contribution in [2.45, 2.75) is 20.4 Å². The number of aryl methyl sites for hydroxylation is 1. The van der Waals surface area contributed by atoms with Gasteiger partial charge in [-0.3, -0.25) is 14.4 Å². The maximum atomic E-state index is 11.6. The number of hydrogen-bond acceptors (Lipinski definition) is 9. The molecule has 1 aliphatic rings. The van der Waals surface area contributed by atoms with Gasteiger partial charge in [0.2, 0.25) is 5.91 Å². The summed E-state index contributed by atoms with van der Waals surface area (Å²) in [5, 5.41) is 27.9. The number of nitrogens with one attached hydrogen (secondary N) is 3. The smallest absolute Gasteiger partial charge is 0.221 e. The standard InChI is InChI=1S/C25H28N10O2/c1-17-3-4-20(13-21(17)28-18(2)36)29-23-14-24(35-25(31-23)19(15-26)16-27-35)30-22-5-6-34(32-22)8-7-33-9-11-37-12-10-33/h3-6,13-14,16H,7-12H2,1-2H3,(H,28,36)(H,29,31)(H,30,32). The van der Waals surface area contributed by atoms with E-state index in [1.54, 1.807) is 10.6 Å². The summed E-state index contributed by atoms with van der Waals surface area (Å²) in [7, 11) is 0. The number of morpholine rings is 1. The normalized spacial score (nSPS) is 13.9. The van der Waals surface area contributed by atoms with E-state index in [4.69, 9.17) is 4.74 Å². The molecule has 5 rings (SSSR count). The van der Waals surface area contributed by atoms with Gasteiger partial charge in [-0.1, -0.05) is 6.07 Å². The fourth-order valence-electron chi connectivity index (χ4n) is 4.12. The van der Waals surface area contributed by atoms with Crippen LogP contribution in [0.25, 0.3) is 5.65 Å². The number of ether oxygens (including phenoxy) is 1. The first-order valence-electron chi connectivity index (χ1n) is 12.0. The zero-order valence-corrected chi connectivity index (χ0v) is 20.7. The molecule has 1 aliphatic heterocycles. The Hall–Kier alpha value is -4.47. The van der Waals surface area contributed by atoms with Crippen molar-refractivity contribution in [3.8, 4) is 6.07 Å². The highest BCUT2D eigenvalue weighted by atomic mass is 16.5. The van der Waals surface area contributed by atoms with E-state index < -0.39 is 0 Å². The number of carbonyl (C=O) groups is 1. The maximum absolute atomic E-state index is 11.6. The van der Waals surface area contributed by atoms with E-state index in [0.29, 0.717) is 34.4 Å². The first-order chi connectivity index (χ1) is 18.0. The molecule has 3 N–H and O–H groups in total. The number of fused-ring (bicyclic) bond motifs is 1. The third-order valence-electron chi connectivity index (χ3n) is 6.06. The van der Waals surface area contributed by atoms with Crippen LogP contribution in [0.1, 0.15) is 18.1 Å². The van der Waals surface area contributed by atoms with Gasteiger partial charge in [0, 0.05) is 56.3 Å². The van der Waals surface area contributed by atoms with Gasteiger partial charge >= 0.3 is 0 Å². The van der Waals surface area contributed by atoms with Gasteiger partial charge in [-0.2, -0.15) is 20.0 Å². The number of benzene rings is 1. The third kappa shape index (κ3) is 5.69. The maximum Gasteiger partial charge on any atom is 0.221 e. The zero-order chi connectivity index (χ0) is 25.8. The molecule has 1 amide bonds. The largest absolute Gasteiger partial charge is 0.379 e. The van der Waals surface area contributed by atoms with Crippen molar-refractivity contribution in [1.82, 2.24) is 29.3 Å². The van der Waals surface area contributed by atoms with E-state index >= 15 is 0 Å². The Morgan fingerprint density at radius 1 is 1.14 bits per heavy atom. The van der Waals surface area contributed by atoms with Crippen LogP contribution in [-0.2, 0) is 16.1 Å². The van der Waals surface area contributed by atoms with Crippen molar-refractivity contribution in [2.24, 2.45) is 0 Å². The van der Waals surface area contributed by atoms with Crippen molar-refractivity contribution in [3.63, 3.8) is 0 Å². The predicted octanol–water partition coefficient (Wildman–Crippen LogP) is 2.88. The summed E-state index contributed by atoms with van der Waals surface area (Å²) in [6.07, 6.45) is 3.42. The van der Waals surface area contributed by atoms with Crippen molar-refractivity contribution < 1.29 is 9.53 Å². The molecular formula is C25H28N10O2. The first-order valence-corrected chi connectivity index (χ1v) is 12.0. The number of carbonyl (C=O) groups excluding carboxylic acids is 1. The lowest BCUT2D eigenvalue weighted by atomic mass is 10.1. The van der Waals surface area contributed by atoms with Gasteiger partial charge in [0.15, 0.2) is 11.5 Å². The second-order valence-corrected chi connectivity index (χ2v) is 8.81. The van der Waals surface area contributed by atoms with Crippen molar-refractivity contribution in [3.05, 3.63) is 53.9 Å². The molecule has 37 heavy (non-hydrogen) atoms. The lowest BCUT2D eigenvalue weighted by molar-refractivity contribution is -0.114. The summed E-state index contributed by atoms with van der Waals surface area (Å²) in [6.45, 7) is 8.48. The van der Waals surface area contributed by atoms with Crippen LogP contribution < -0.4 is 16.0 Å². The summed E-state index contributed by atoms with van der Waals surface area (Å²) in [6, 6.07) is 11.5. The van der Waals surface area contributed by atoms with E-state index in [0.717, 1.165) is 50.6 Å². The van der Waals surface area contributed by atoms with Gasteiger partial charge in [-0.25, -0.2) is 4.98 Å². The molecular weight excluding hydrogens is 472 g/mol. The zero-order valence-electron chi connectivity index (χ0n) is 20.7. The second-order valence-electron chi connectivity index (χ2n) is 8.81. The Bertz CT molecular complexity index is 1460. The van der Waals surface area contributed by atoms with Gasteiger partial charge in [-0.15, -0.1) is 0 Å². The van der Waals surface area contributed by atoms with Gasteiger partial charge in [-0.05, 0) is 24.6 Å². The molecule has 1 saturated heterocycles. The summed E-state index contributed by atoms with van der Waals surface area (Å²) in [5.41, 5.74) is 3.16. The number of nitriles is 1. The van der Waals surface area contributed by atoms with Gasteiger partial charge < -0.3 is 20.7 Å². The fourth-order valence-corrected chi connectivity index (χ4v) is 4.12. The lowest BCUT2D eigenvalue weighted by Crippen LogP contribution is -2.38. The molecule has 0 saturated carbocycles. The van der Waals surface area contributed by atoms with Crippen molar-refractivity contribution >= 4 is 40.4 Å². The van der Waals surface area contributed by atoms with Crippen LogP contribution in [0.3, 0.4) is 0 Å². The average molecular weight is 501 g/mol. The monoisotopic (exact) mass is 500 g/mol. The van der Waals surface area contributed by atoms with Crippen LogP contribution in [0.5, 0.6) is 0 Å². The SMILES string of the molecule is CC(=O)Nc1cc(Nc2cc(Nc3ccn(CCN4CCOCC4)n3)n3ncc(C#N)c3n2)ccc1C. The molecule has 4 aromatic rings. The Labute approximate surface area is 213 Å². The van der Waals surface area contributed by atoms with E-state index in [1.165, 1.54) is 13.1 Å². The van der Waals surface area contributed by atoms with Crippen LogP contribution in [-0.4, -0.2) is 68.0 Å². The molecule has 12 heteroatoms. The highest BCUT2D eigenvalue weighted by Crippen LogP contribution is 2.26. The molecule has 0 unspecified atom stereocenters. The van der Waals surface area contributed by atoms with Crippen LogP contribution in [0.4, 0.5) is 28.8 Å². The van der Waals surface area contributed by atoms with Crippen LogP contribution in [0, 0.1) is 18.3 Å². The molecule has 3 aromatic heterocycles. The highest BCUT2D eigenvalue weighted by molar-refractivity contribution is 5.90. The number of nitrogens with zero attached hydrogens (tertiary/aromatic N) is 7. The fraction of sp³-hybridized carbons (Fsp3) is 0.320. The van der Waals surface area contributed by atoms with Gasteiger partial charge in [0.05, 0.1) is 26.0 Å². The molecule has 0 bridgehead atoms. The van der Waals surface area contributed by atoms with Crippen LogP contribution in [0.2, 0.25) is 0 Å². The second kappa shape index (κ2) is 10.7. The topological polar surface area (TPSA) is 137 Å². The van der Waals surface area contributed by atoms with Gasteiger partial charge in [0.25, 0.3) is 0 Å². The summed E-state index contributed by atoms with van der Waals surface area (Å²) >= 11 is 0. The number of rotatable bonds is 8. The molecule has 0 aliphatic carbocycles. The summed E-state index contributed by atoms with van der Waals surface area (Å²) in [4.78, 5) is 18.5. The van der Waals surface area contributed by atoms with Gasteiger partial charge in [0.1, 0.15) is 23.3 Å². The van der Waals surface area contributed by atoms with E-state index in [-0.39, 0.29) is 5.91 Å². The Morgan fingerprint density at radius 2 is 1.97 bits per heavy atom. The molecule has 1 aromatic carbocycles. The Morgan fingerprint density at radius 3 is 2.76 bits per heavy atom. The first kappa shape index (κ1) is 24.2. The molecule has 0 radical (unpaired) electrons. The molecule has 0 spiro atoms. The van der Waals surface area contributed by atoms with Crippen molar-refractivity contribution in [2.75, 3.05) is 48.8 Å². The molecule has 4 heterocycles. The predicted molar refractivity (Wildman–Crippen MR) is 139 cm³/mol. The minimum absolute atomic E-state index is 0.145. The molecule has 12 nitrogen and oxygen atoms in total. The minimum Gasteiger partial charge on any atom is -0.379 e. The quantitative estimate of drug-likeness (QED) is 0.333. The molecule has 190 valence electrons. The summed E-state index contributed by atoms with van der Waals surface area (Å²) < 4.78 is 8.89. The number of anilines is 5. The number of amides is 1. The van der Waals surface area contributed by atoms with Crippen LogP contribution >= 0.6 is 0 Å². The third-order valence-corrected chi connectivity index (χ3v) is 6.06. The Kier molecular flexibility index (Phi) is 6.98. The minimum atomic E-state index is -0.145. The van der Waals surface area contributed by atoms with Crippen LogP contribution in [0.15, 0.2) is 42.7 Å². The van der Waals surface area contributed by atoms with Crippen molar-refractivity contribution in [1.29, 1.82) is 5.26 Å². The van der Waals surface area contributed by atoms with E-state index in [9.17, 15) is 10.1 Å². The number of hydrogen-bond donors (Lipinski definition) is 3. The highest BCUT2D eigenvalue weighted by Gasteiger charge is 2.14. The van der Waals surface area contributed by atoms with E-state index in [1.807, 2.05) is 42.1 Å².